The van der Waals surface area contributed by atoms with Crippen LogP contribution >= 0.6 is 0 Å². The molecule has 13 heteroatoms. The number of morpholine rings is 1. The Kier molecular flexibility index (Phi) is 8.42. The summed E-state index contributed by atoms with van der Waals surface area (Å²) in [7, 11) is 4.90. The number of pyridine rings is 1. The Hall–Kier alpha value is -5.69. The maximum Gasteiger partial charge on any atom is 0.324 e. The van der Waals surface area contributed by atoms with Crippen LogP contribution < -0.4 is 20.3 Å². The molecule has 0 unspecified atom stereocenters. The van der Waals surface area contributed by atoms with E-state index in [-0.39, 0.29) is 5.91 Å². The fourth-order valence-corrected chi connectivity index (χ4v) is 4.84. The largest absolute Gasteiger partial charge is 0.467 e. The van der Waals surface area contributed by atoms with Gasteiger partial charge in [0.1, 0.15) is 11.6 Å². The third-order valence-electron chi connectivity index (χ3n) is 7.19. The summed E-state index contributed by atoms with van der Waals surface area (Å²) in [6.07, 6.45) is 5.05. The van der Waals surface area contributed by atoms with Gasteiger partial charge in [0, 0.05) is 73.5 Å². The summed E-state index contributed by atoms with van der Waals surface area (Å²) >= 11 is 0. The number of fused-ring (bicyclic) bond motifs is 1. The van der Waals surface area contributed by atoms with Crippen LogP contribution in [0, 0.1) is 0 Å². The number of hydrogen-bond donors (Lipinski definition) is 2. The minimum Gasteiger partial charge on any atom is -0.467 e. The summed E-state index contributed by atoms with van der Waals surface area (Å²) in [6.45, 7) is 2.66. The fourth-order valence-electron chi connectivity index (χ4n) is 4.84. The van der Waals surface area contributed by atoms with Crippen LogP contribution in [-0.4, -0.2) is 89.3 Å². The van der Waals surface area contributed by atoms with Crippen molar-refractivity contribution in [2.45, 2.75) is 0 Å². The van der Waals surface area contributed by atoms with Gasteiger partial charge in [-0.25, -0.2) is 29.7 Å². The molecule has 1 saturated heterocycles. The minimum absolute atomic E-state index is 0.116. The smallest absolute Gasteiger partial charge is 0.324 e. The van der Waals surface area contributed by atoms with E-state index in [1.807, 2.05) is 24.3 Å². The molecule has 0 bridgehead atoms. The first-order chi connectivity index (χ1) is 21.9. The molecule has 0 spiro atoms. The number of rotatable bonds is 7. The van der Waals surface area contributed by atoms with E-state index in [1.165, 1.54) is 12.0 Å². The van der Waals surface area contributed by atoms with Gasteiger partial charge in [-0.1, -0.05) is 6.07 Å². The standard InChI is InChI=1S/C32H31N9O4/c1-40(2)30(42)20-4-8-24(9-5-20)36-31(43)38-27-11-7-22(17-33-27)28-37-26-16-21(23-18-34-32(44-3)35-19-23)6-10-25(26)29(39-28)41-12-14-45-15-13-41/h4-11,16-19H,12-15H2,1-3H3,(H2,33,36,38,43). The van der Waals surface area contributed by atoms with Crippen LogP contribution in [0.25, 0.3) is 33.4 Å². The van der Waals surface area contributed by atoms with Gasteiger partial charge in [0.2, 0.25) is 0 Å². The van der Waals surface area contributed by atoms with Gasteiger partial charge in [0.05, 0.1) is 25.8 Å². The average Bonchev–Trinajstić information content (AvgIpc) is 3.08. The summed E-state index contributed by atoms with van der Waals surface area (Å²) in [4.78, 5) is 51.2. The van der Waals surface area contributed by atoms with E-state index in [1.54, 1.807) is 63.0 Å². The first kappa shape index (κ1) is 29.4. The second-order valence-corrected chi connectivity index (χ2v) is 10.4. The first-order valence-corrected chi connectivity index (χ1v) is 14.2. The molecule has 45 heavy (non-hydrogen) atoms. The zero-order valence-corrected chi connectivity index (χ0v) is 25.0. The molecule has 2 N–H and O–H groups in total. The zero-order valence-electron chi connectivity index (χ0n) is 25.0. The normalized spacial score (nSPS) is 12.9. The summed E-state index contributed by atoms with van der Waals surface area (Å²) in [5, 5.41) is 6.40. The minimum atomic E-state index is -0.464. The number of nitrogens with one attached hydrogen (secondary N) is 2. The van der Waals surface area contributed by atoms with E-state index < -0.39 is 6.03 Å². The van der Waals surface area contributed by atoms with Crippen molar-refractivity contribution in [1.29, 1.82) is 0 Å². The second kappa shape index (κ2) is 12.9. The van der Waals surface area contributed by atoms with Gasteiger partial charge >= 0.3 is 12.0 Å². The molecule has 1 fully saturated rings. The van der Waals surface area contributed by atoms with E-state index >= 15 is 0 Å². The van der Waals surface area contributed by atoms with Crippen LogP contribution in [0.5, 0.6) is 6.01 Å². The first-order valence-electron chi connectivity index (χ1n) is 14.2. The lowest BCUT2D eigenvalue weighted by molar-refractivity contribution is 0.0827. The molecule has 3 aromatic heterocycles. The van der Waals surface area contributed by atoms with Crippen LogP contribution in [0.3, 0.4) is 0 Å². The number of ether oxygens (including phenoxy) is 2. The topological polar surface area (TPSA) is 148 Å². The molecule has 0 radical (unpaired) electrons. The van der Waals surface area contributed by atoms with Crippen LogP contribution in [0.4, 0.5) is 22.1 Å². The molecular weight excluding hydrogens is 574 g/mol. The highest BCUT2D eigenvalue weighted by molar-refractivity contribution is 6.00. The molecule has 1 aliphatic heterocycles. The third-order valence-corrected chi connectivity index (χ3v) is 7.19. The van der Waals surface area contributed by atoms with E-state index in [4.69, 9.17) is 19.4 Å². The molecular formula is C32H31N9O4. The number of anilines is 3. The van der Waals surface area contributed by atoms with Gasteiger partial charge in [-0.3, -0.25) is 10.1 Å². The highest BCUT2D eigenvalue weighted by Gasteiger charge is 2.19. The SMILES string of the molecule is COc1ncc(-c2ccc3c(N4CCOCC4)nc(-c4ccc(NC(=O)Nc5ccc(C(=O)N(C)C)cc5)nc4)nc3c2)cn1. The van der Waals surface area contributed by atoms with Crippen LogP contribution in [0.15, 0.2) is 73.2 Å². The number of benzene rings is 2. The molecule has 3 amide bonds. The Bertz CT molecular complexity index is 1820. The average molecular weight is 606 g/mol. The fraction of sp³-hybridized carbons (Fsp3) is 0.219. The van der Waals surface area contributed by atoms with Crippen molar-refractivity contribution in [2.75, 3.05) is 63.0 Å². The Morgan fingerprint density at radius 1 is 0.844 bits per heavy atom. The Balaban J connectivity index is 1.24. The Labute approximate surface area is 259 Å². The van der Waals surface area contributed by atoms with Crippen molar-refractivity contribution in [3.8, 4) is 28.5 Å². The molecule has 1 aliphatic rings. The molecule has 228 valence electrons. The summed E-state index contributed by atoms with van der Waals surface area (Å²) in [5.74, 6) is 1.56. The highest BCUT2D eigenvalue weighted by Crippen LogP contribution is 2.31. The monoisotopic (exact) mass is 605 g/mol. The summed E-state index contributed by atoms with van der Waals surface area (Å²) < 4.78 is 10.7. The molecule has 0 atom stereocenters. The maximum atomic E-state index is 12.6. The van der Waals surface area contributed by atoms with Crippen molar-refractivity contribution >= 4 is 40.2 Å². The zero-order chi connectivity index (χ0) is 31.3. The third kappa shape index (κ3) is 6.63. The van der Waals surface area contributed by atoms with Crippen molar-refractivity contribution in [1.82, 2.24) is 29.8 Å². The number of urea groups is 1. The molecule has 6 rings (SSSR count). The molecule has 5 aromatic rings. The van der Waals surface area contributed by atoms with Crippen molar-refractivity contribution in [2.24, 2.45) is 0 Å². The van der Waals surface area contributed by atoms with Crippen LogP contribution in [0.1, 0.15) is 10.4 Å². The lowest BCUT2D eigenvalue weighted by atomic mass is 10.1. The maximum absolute atomic E-state index is 12.6. The lowest BCUT2D eigenvalue weighted by Gasteiger charge is -2.29. The van der Waals surface area contributed by atoms with E-state index in [9.17, 15) is 9.59 Å². The lowest BCUT2D eigenvalue weighted by Crippen LogP contribution is -2.37. The number of hydrogen-bond acceptors (Lipinski definition) is 10. The summed E-state index contributed by atoms with van der Waals surface area (Å²) in [5.41, 5.74) is 4.26. The predicted molar refractivity (Wildman–Crippen MR) is 170 cm³/mol. The van der Waals surface area contributed by atoms with E-state index in [2.05, 4.69) is 30.5 Å². The predicted octanol–water partition coefficient (Wildman–Crippen LogP) is 4.34. The van der Waals surface area contributed by atoms with Gasteiger partial charge in [0.15, 0.2) is 5.82 Å². The number of carbonyl (C=O) groups is 2. The Morgan fingerprint density at radius 2 is 1.56 bits per heavy atom. The van der Waals surface area contributed by atoms with Crippen LogP contribution in [-0.2, 0) is 4.74 Å². The van der Waals surface area contributed by atoms with Crippen molar-refractivity contribution in [3.63, 3.8) is 0 Å². The van der Waals surface area contributed by atoms with E-state index in [0.717, 1.165) is 27.8 Å². The molecule has 13 nitrogen and oxygen atoms in total. The quantitative estimate of drug-likeness (QED) is 0.275. The number of amides is 3. The van der Waals surface area contributed by atoms with Gasteiger partial charge in [0.25, 0.3) is 5.91 Å². The molecule has 4 heterocycles. The Morgan fingerprint density at radius 3 is 2.22 bits per heavy atom. The molecule has 0 aliphatic carbocycles. The van der Waals surface area contributed by atoms with Crippen molar-refractivity contribution in [3.05, 3.63) is 78.8 Å². The van der Waals surface area contributed by atoms with Crippen LogP contribution in [0.2, 0.25) is 0 Å². The van der Waals surface area contributed by atoms with Gasteiger partial charge in [-0.15, -0.1) is 0 Å². The number of carbonyl (C=O) groups excluding carboxylic acids is 2. The number of methoxy groups -OCH3 is 1. The van der Waals surface area contributed by atoms with Crippen molar-refractivity contribution < 1.29 is 19.1 Å². The van der Waals surface area contributed by atoms with Gasteiger partial charge in [-0.05, 0) is 54.1 Å². The second-order valence-electron chi connectivity index (χ2n) is 10.4. The van der Waals surface area contributed by atoms with E-state index in [0.29, 0.717) is 60.8 Å². The molecule has 0 saturated carbocycles. The highest BCUT2D eigenvalue weighted by atomic mass is 16.5. The van der Waals surface area contributed by atoms with Gasteiger partial charge in [-0.2, -0.15) is 0 Å². The number of nitrogens with zero attached hydrogens (tertiary/aromatic N) is 7. The number of aromatic nitrogens is 5. The summed E-state index contributed by atoms with van der Waals surface area (Å²) in [6, 6.07) is 16.0. The van der Waals surface area contributed by atoms with Gasteiger partial charge < -0.3 is 24.6 Å². The molecule has 2 aromatic carbocycles.